The van der Waals surface area contributed by atoms with Crippen molar-refractivity contribution in [1.82, 2.24) is 10.4 Å². The number of hydrogen-bond donors (Lipinski definition) is 2. The second-order valence-electron chi connectivity index (χ2n) is 4.35. The third-order valence-corrected chi connectivity index (χ3v) is 3.06. The summed E-state index contributed by atoms with van der Waals surface area (Å²) in [7, 11) is 0. The van der Waals surface area contributed by atoms with E-state index in [1.807, 2.05) is 23.2 Å². The molecule has 6 nitrogen and oxygen atoms in total. The van der Waals surface area contributed by atoms with Crippen LogP contribution in [0.5, 0.6) is 0 Å². The van der Waals surface area contributed by atoms with E-state index in [1.165, 1.54) is 11.8 Å². The minimum atomic E-state index is -0.672. The lowest BCUT2D eigenvalue weighted by Gasteiger charge is -2.22. The number of hydrazine groups is 1. The van der Waals surface area contributed by atoms with E-state index >= 15 is 0 Å². The number of carbonyl (C=O) groups is 1. The number of primary amides is 1. The van der Waals surface area contributed by atoms with E-state index in [2.05, 4.69) is 16.5 Å². The monoisotopic (exact) mass is 258 g/mol. The van der Waals surface area contributed by atoms with E-state index in [1.54, 1.807) is 0 Å². The molecule has 0 saturated carbocycles. The van der Waals surface area contributed by atoms with Gasteiger partial charge in [-0.2, -0.15) is 4.98 Å². The number of nitrogens with zero attached hydrogens (tertiary/aromatic N) is 2. The molecule has 0 bridgehead atoms. The van der Waals surface area contributed by atoms with Crippen LogP contribution in [0, 0.1) is 0 Å². The molecule has 0 aliphatic carbocycles. The molecule has 0 radical (unpaired) electrons. The SMILES string of the molecule is NC(=O)c1nc(N2NCCCc3ccccc32)co1. The summed E-state index contributed by atoms with van der Waals surface area (Å²) in [5.41, 5.74) is 10.7. The number of benzene rings is 1. The van der Waals surface area contributed by atoms with Crippen LogP contribution in [-0.4, -0.2) is 17.4 Å². The van der Waals surface area contributed by atoms with Gasteiger partial charge in [0.05, 0.1) is 5.69 Å². The molecule has 0 atom stereocenters. The van der Waals surface area contributed by atoms with Gasteiger partial charge in [-0.1, -0.05) is 18.2 Å². The van der Waals surface area contributed by atoms with Crippen LogP contribution < -0.4 is 16.2 Å². The Morgan fingerprint density at radius 3 is 3.05 bits per heavy atom. The molecule has 1 amide bonds. The van der Waals surface area contributed by atoms with E-state index in [-0.39, 0.29) is 5.89 Å². The lowest BCUT2D eigenvalue weighted by atomic mass is 10.1. The minimum Gasteiger partial charge on any atom is -0.439 e. The lowest BCUT2D eigenvalue weighted by Crippen LogP contribution is -2.33. The van der Waals surface area contributed by atoms with Crippen molar-refractivity contribution in [2.45, 2.75) is 12.8 Å². The highest BCUT2D eigenvalue weighted by Gasteiger charge is 2.20. The summed E-state index contributed by atoms with van der Waals surface area (Å²) in [6, 6.07) is 8.07. The van der Waals surface area contributed by atoms with E-state index in [0.29, 0.717) is 5.82 Å². The number of nitrogens with one attached hydrogen (secondary N) is 1. The van der Waals surface area contributed by atoms with E-state index in [0.717, 1.165) is 25.1 Å². The maximum Gasteiger partial charge on any atom is 0.304 e. The molecule has 2 heterocycles. The normalized spacial score (nSPS) is 14.8. The molecule has 6 heteroatoms. The van der Waals surface area contributed by atoms with Crippen LogP contribution in [0.4, 0.5) is 11.5 Å². The number of rotatable bonds is 2. The van der Waals surface area contributed by atoms with Gasteiger partial charge in [0.15, 0.2) is 5.82 Å². The van der Waals surface area contributed by atoms with Gasteiger partial charge in [-0.25, -0.2) is 5.43 Å². The predicted octanol–water partition coefficient (Wildman–Crippen LogP) is 1.36. The highest BCUT2D eigenvalue weighted by Crippen LogP contribution is 2.28. The van der Waals surface area contributed by atoms with Crippen molar-refractivity contribution in [2.75, 3.05) is 11.6 Å². The Morgan fingerprint density at radius 2 is 2.26 bits per heavy atom. The van der Waals surface area contributed by atoms with Crippen molar-refractivity contribution in [2.24, 2.45) is 5.73 Å². The molecule has 0 fully saturated rings. The van der Waals surface area contributed by atoms with Crippen LogP contribution in [0.15, 0.2) is 34.9 Å². The Bertz CT molecular complexity index is 608. The fraction of sp³-hybridized carbons (Fsp3) is 0.231. The second-order valence-corrected chi connectivity index (χ2v) is 4.35. The lowest BCUT2D eigenvalue weighted by molar-refractivity contribution is 0.0967. The Hall–Kier alpha value is -2.34. The van der Waals surface area contributed by atoms with Gasteiger partial charge in [0.1, 0.15) is 6.26 Å². The Morgan fingerprint density at radius 1 is 1.42 bits per heavy atom. The van der Waals surface area contributed by atoms with Gasteiger partial charge in [-0.05, 0) is 24.5 Å². The van der Waals surface area contributed by atoms with Gasteiger partial charge >= 0.3 is 5.91 Å². The number of nitrogens with two attached hydrogens (primary N) is 1. The number of amides is 1. The summed E-state index contributed by atoms with van der Waals surface area (Å²) in [6.45, 7) is 0.827. The number of fused-ring (bicyclic) bond motifs is 1. The zero-order chi connectivity index (χ0) is 13.2. The summed E-state index contributed by atoms with van der Waals surface area (Å²) in [5, 5.41) is 1.83. The number of carbonyl (C=O) groups excluding carboxylic acids is 1. The van der Waals surface area contributed by atoms with Crippen molar-refractivity contribution < 1.29 is 9.21 Å². The Balaban J connectivity index is 2.01. The zero-order valence-corrected chi connectivity index (χ0v) is 10.3. The molecule has 2 aromatic rings. The zero-order valence-electron chi connectivity index (χ0n) is 10.3. The largest absolute Gasteiger partial charge is 0.439 e. The molecule has 0 spiro atoms. The molecule has 1 aliphatic rings. The average molecular weight is 258 g/mol. The van der Waals surface area contributed by atoms with Crippen LogP contribution in [0.3, 0.4) is 0 Å². The number of aryl methyl sites for hydroxylation is 1. The van der Waals surface area contributed by atoms with Gasteiger partial charge in [-0.15, -0.1) is 0 Å². The molecule has 3 N–H and O–H groups in total. The van der Waals surface area contributed by atoms with E-state index in [9.17, 15) is 4.79 Å². The Labute approximate surface area is 110 Å². The molecular formula is C13H14N4O2. The summed E-state index contributed by atoms with van der Waals surface area (Å²) >= 11 is 0. The number of para-hydroxylation sites is 1. The smallest absolute Gasteiger partial charge is 0.304 e. The summed E-state index contributed by atoms with van der Waals surface area (Å²) in [6.07, 6.45) is 3.46. The molecule has 1 aliphatic heterocycles. The Kier molecular flexibility index (Phi) is 2.92. The van der Waals surface area contributed by atoms with Crippen LogP contribution in [0.25, 0.3) is 0 Å². The third kappa shape index (κ3) is 2.17. The number of anilines is 2. The third-order valence-electron chi connectivity index (χ3n) is 3.06. The van der Waals surface area contributed by atoms with Crippen molar-refractivity contribution in [3.63, 3.8) is 0 Å². The summed E-state index contributed by atoms with van der Waals surface area (Å²) in [4.78, 5) is 15.1. The fourth-order valence-electron chi connectivity index (χ4n) is 2.18. The highest BCUT2D eigenvalue weighted by molar-refractivity contribution is 5.88. The summed E-state index contributed by atoms with van der Waals surface area (Å²) < 4.78 is 5.07. The van der Waals surface area contributed by atoms with Crippen LogP contribution in [0.1, 0.15) is 22.7 Å². The van der Waals surface area contributed by atoms with Crippen LogP contribution in [-0.2, 0) is 6.42 Å². The number of aromatic nitrogens is 1. The van der Waals surface area contributed by atoms with Gasteiger partial charge in [0, 0.05) is 6.54 Å². The molecule has 3 rings (SSSR count). The average Bonchev–Trinajstić information content (AvgIpc) is 2.80. The fourth-order valence-corrected chi connectivity index (χ4v) is 2.18. The van der Waals surface area contributed by atoms with Gasteiger partial charge in [0.2, 0.25) is 0 Å². The van der Waals surface area contributed by atoms with Crippen LogP contribution >= 0.6 is 0 Å². The molecule has 1 aromatic carbocycles. The molecule has 0 saturated heterocycles. The number of hydrogen-bond acceptors (Lipinski definition) is 5. The molecule has 98 valence electrons. The molecule has 1 aromatic heterocycles. The minimum absolute atomic E-state index is 0.0847. The first-order valence-electron chi connectivity index (χ1n) is 6.12. The van der Waals surface area contributed by atoms with Gasteiger partial charge < -0.3 is 10.2 Å². The molecule has 0 unspecified atom stereocenters. The van der Waals surface area contributed by atoms with Gasteiger partial charge in [0.25, 0.3) is 5.89 Å². The maximum absolute atomic E-state index is 11.0. The maximum atomic E-state index is 11.0. The summed E-state index contributed by atoms with van der Waals surface area (Å²) in [5.74, 6) is -0.226. The van der Waals surface area contributed by atoms with Crippen molar-refractivity contribution >= 4 is 17.4 Å². The quantitative estimate of drug-likeness (QED) is 0.849. The predicted molar refractivity (Wildman–Crippen MR) is 69.9 cm³/mol. The first kappa shape index (κ1) is 11.7. The van der Waals surface area contributed by atoms with Crippen molar-refractivity contribution in [3.8, 4) is 0 Å². The topological polar surface area (TPSA) is 84.4 Å². The van der Waals surface area contributed by atoms with Crippen LogP contribution in [0.2, 0.25) is 0 Å². The number of oxazole rings is 1. The van der Waals surface area contributed by atoms with Crippen molar-refractivity contribution in [3.05, 3.63) is 42.0 Å². The second kappa shape index (κ2) is 4.74. The highest BCUT2D eigenvalue weighted by atomic mass is 16.4. The molecule has 19 heavy (non-hydrogen) atoms. The van der Waals surface area contributed by atoms with E-state index < -0.39 is 5.91 Å². The first-order chi connectivity index (χ1) is 9.25. The molecular weight excluding hydrogens is 244 g/mol. The first-order valence-corrected chi connectivity index (χ1v) is 6.12. The van der Waals surface area contributed by atoms with E-state index in [4.69, 9.17) is 10.2 Å². The van der Waals surface area contributed by atoms with Crippen molar-refractivity contribution in [1.29, 1.82) is 0 Å². The van der Waals surface area contributed by atoms with Gasteiger partial charge in [-0.3, -0.25) is 9.80 Å². The standard InChI is InChI=1S/C13H14N4O2/c14-12(18)13-16-11(8-19-13)17-10-6-2-1-4-9(10)5-3-7-15-17/h1-2,4,6,8,15H,3,5,7H2,(H2,14,18).